The molecule has 1 amide bonds. The SMILES string of the molecule is CC.CC12CCCCC1CCC1C2CCC2(C)C(CCCC(N)=O)CCC12. The molecule has 0 bridgehead atoms. The Hall–Kier alpha value is -0.530. The second-order valence-electron chi connectivity index (χ2n) is 10.6. The van der Waals surface area contributed by atoms with Gasteiger partial charge in [-0.1, -0.05) is 40.5 Å². The Morgan fingerprint density at radius 2 is 1.63 bits per heavy atom. The van der Waals surface area contributed by atoms with Gasteiger partial charge in [0.25, 0.3) is 0 Å². The van der Waals surface area contributed by atoms with Crippen molar-refractivity contribution in [2.75, 3.05) is 0 Å². The molecule has 156 valence electrons. The average molecular weight is 376 g/mol. The highest BCUT2D eigenvalue weighted by Gasteiger charge is 2.59. The van der Waals surface area contributed by atoms with Gasteiger partial charge in [-0.3, -0.25) is 4.79 Å². The molecule has 0 heterocycles. The first-order valence-electron chi connectivity index (χ1n) is 12.2. The summed E-state index contributed by atoms with van der Waals surface area (Å²) in [7, 11) is 0. The zero-order chi connectivity index (χ0) is 19.7. The summed E-state index contributed by atoms with van der Waals surface area (Å²) in [4.78, 5) is 11.1. The van der Waals surface area contributed by atoms with E-state index in [-0.39, 0.29) is 5.91 Å². The highest BCUT2D eigenvalue weighted by atomic mass is 16.1. The zero-order valence-electron chi connectivity index (χ0n) is 18.6. The maximum absolute atomic E-state index is 11.1. The Morgan fingerprint density at radius 3 is 2.37 bits per heavy atom. The molecule has 7 atom stereocenters. The Balaban J connectivity index is 0.00000102. The molecule has 2 N–H and O–H groups in total. The van der Waals surface area contributed by atoms with E-state index in [2.05, 4.69) is 13.8 Å². The molecule has 4 fully saturated rings. The van der Waals surface area contributed by atoms with Crippen molar-refractivity contribution in [1.82, 2.24) is 0 Å². The molecule has 4 aliphatic carbocycles. The van der Waals surface area contributed by atoms with Gasteiger partial charge in [-0.15, -0.1) is 0 Å². The third kappa shape index (κ3) is 3.71. The van der Waals surface area contributed by atoms with Crippen LogP contribution in [0.3, 0.4) is 0 Å². The lowest BCUT2D eigenvalue weighted by Crippen LogP contribution is -2.52. The minimum atomic E-state index is -0.119. The molecule has 4 rings (SSSR count). The lowest BCUT2D eigenvalue weighted by Gasteiger charge is -2.60. The van der Waals surface area contributed by atoms with Crippen LogP contribution in [0.15, 0.2) is 0 Å². The van der Waals surface area contributed by atoms with Crippen LogP contribution in [0.5, 0.6) is 0 Å². The molecule has 0 spiro atoms. The molecular formula is C25H45NO. The van der Waals surface area contributed by atoms with Gasteiger partial charge in [0.1, 0.15) is 0 Å². The molecule has 7 unspecified atom stereocenters. The minimum absolute atomic E-state index is 0.119. The second kappa shape index (κ2) is 8.46. The Labute approximate surface area is 168 Å². The fourth-order valence-electron chi connectivity index (χ4n) is 8.40. The van der Waals surface area contributed by atoms with Crippen LogP contribution in [0, 0.1) is 40.4 Å². The predicted molar refractivity (Wildman–Crippen MR) is 114 cm³/mol. The first-order chi connectivity index (χ1) is 12.9. The first-order valence-corrected chi connectivity index (χ1v) is 12.2. The topological polar surface area (TPSA) is 43.1 Å². The summed E-state index contributed by atoms with van der Waals surface area (Å²) in [5, 5.41) is 0. The largest absolute Gasteiger partial charge is 0.370 e. The number of amides is 1. The van der Waals surface area contributed by atoms with Gasteiger partial charge in [-0.05, 0) is 105 Å². The molecule has 0 aliphatic heterocycles. The molecule has 4 saturated carbocycles. The van der Waals surface area contributed by atoms with Crippen LogP contribution < -0.4 is 5.73 Å². The van der Waals surface area contributed by atoms with Gasteiger partial charge >= 0.3 is 0 Å². The van der Waals surface area contributed by atoms with E-state index in [4.69, 9.17) is 5.73 Å². The molecule has 27 heavy (non-hydrogen) atoms. The summed E-state index contributed by atoms with van der Waals surface area (Å²) in [5.74, 6) is 4.72. The highest BCUT2D eigenvalue weighted by molar-refractivity contribution is 5.73. The van der Waals surface area contributed by atoms with E-state index >= 15 is 0 Å². The van der Waals surface area contributed by atoms with Crippen LogP contribution in [-0.2, 0) is 4.79 Å². The Bertz CT molecular complexity index is 516. The van der Waals surface area contributed by atoms with Gasteiger partial charge < -0.3 is 5.73 Å². The van der Waals surface area contributed by atoms with Crippen molar-refractivity contribution in [2.24, 2.45) is 46.2 Å². The molecule has 2 nitrogen and oxygen atoms in total. The monoisotopic (exact) mass is 375 g/mol. The third-order valence-corrected chi connectivity index (χ3v) is 9.76. The summed E-state index contributed by atoms with van der Waals surface area (Å²) >= 11 is 0. The Morgan fingerprint density at radius 1 is 0.889 bits per heavy atom. The zero-order valence-corrected chi connectivity index (χ0v) is 18.6. The van der Waals surface area contributed by atoms with Crippen molar-refractivity contribution < 1.29 is 4.79 Å². The molecule has 0 aromatic rings. The Kier molecular flexibility index (Phi) is 6.63. The number of primary amides is 1. The van der Waals surface area contributed by atoms with Crippen molar-refractivity contribution >= 4 is 5.91 Å². The molecule has 0 aromatic carbocycles. The van der Waals surface area contributed by atoms with Crippen LogP contribution in [0.1, 0.15) is 111 Å². The number of hydrogen-bond acceptors (Lipinski definition) is 1. The summed E-state index contributed by atoms with van der Waals surface area (Å²) in [5.41, 5.74) is 6.58. The van der Waals surface area contributed by atoms with Crippen molar-refractivity contribution in [1.29, 1.82) is 0 Å². The normalized spacial score (nSPS) is 45.7. The minimum Gasteiger partial charge on any atom is -0.370 e. The number of fused-ring (bicyclic) bond motifs is 5. The van der Waals surface area contributed by atoms with E-state index in [0.717, 1.165) is 36.0 Å². The molecule has 2 heteroatoms. The van der Waals surface area contributed by atoms with Crippen LogP contribution in [0.25, 0.3) is 0 Å². The van der Waals surface area contributed by atoms with Gasteiger partial charge in [-0.2, -0.15) is 0 Å². The van der Waals surface area contributed by atoms with Gasteiger partial charge in [-0.25, -0.2) is 0 Å². The highest BCUT2D eigenvalue weighted by Crippen LogP contribution is 2.67. The van der Waals surface area contributed by atoms with Crippen LogP contribution in [-0.4, -0.2) is 5.91 Å². The number of carbonyl (C=O) groups excluding carboxylic acids is 1. The second-order valence-corrected chi connectivity index (χ2v) is 10.6. The average Bonchev–Trinajstić information content (AvgIpc) is 2.99. The van der Waals surface area contributed by atoms with E-state index in [0.29, 0.717) is 17.3 Å². The number of rotatable bonds is 4. The summed E-state index contributed by atoms with van der Waals surface area (Å²) in [6, 6.07) is 0. The molecule has 0 saturated heterocycles. The van der Waals surface area contributed by atoms with Crippen molar-refractivity contribution in [2.45, 2.75) is 111 Å². The number of nitrogens with two attached hydrogens (primary N) is 1. The maximum atomic E-state index is 11.1. The van der Waals surface area contributed by atoms with Crippen LogP contribution in [0.2, 0.25) is 0 Å². The quantitative estimate of drug-likeness (QED) is 0.582. The summed E-state index contributed by atoms with van der Waals surface area (Å²) < 4.78 is 0. The van der Waals surface area contributed by atoms with Crippen LogP contribution >= 0.6 is 0 Å². The van der Waals surface area contributed by atoms with Gasteiger partial charge in [0, 0.05) is 6.42 Å². The van der Waals surface area contributed by atoms with Crippen molar-refractivity contribution in [3.05, 3.63) is 0 Å². The molecule has 4 aliphatic rings. The van der Waals surface area contributed by atoms with E-state index in [1.54, 1.807) is 0 Å². The van der Waals surface area contributed by atoms with Crippen LogP contribution in [0.4, 0.5) is 0 Å². The first kappa shape index (κ1) is 21.2. The smallest absolute Gasteiger partial charge is 0.217 e. The standard InChI is InChI=1S/C23H39NO.C2H6/c1-22-14-4-3-6-16(22)9-11-18-19-12-10-17(7-5-8-21(24)25)23(19,2)15-13-20(18)22;1-2/h16-20H,3-15H2,1-2H3,(H2,24,25);1-2H3. The fourth-order valence-corrected chi connectivity index (χ4v) is 8.40. The number of carbonyl (C=O) groups is 1. The summed E-state index contributed by atoms with van der Waals surface area (Å²) in [6.07, 6.45) is 17.6. The number of hydrogen-bond donors (Lipinski definition) is 1. The lowest BCUT2D eigenvalue weighted by molar-refractivity contribution is -0.118. The molecular weight excluding hydrogens is 330 g/mol. The third-order valence-electron chi connectivity index (χ3n) is 9.76. The van der Waals surface area contributed by atoms with Gasteiger partial charge in [0.05, 0.1) is 0 Å². The predicted octanol–water partition coefficient (Wildman–Crippen LogP) is 6.72. The molecule has 0 aromatic heterocycles. The van der Waals surface area contributed by atoms with Gasteiger partial charge in [0.15, 0.2) is 0 Å². The van der Waals surface area contributed by atoms with Crippen molar-refractivity contribution in [3.8, 4) is 0 Å². The van der Waals surface area contributed by atoms with Crippen molar-refractivity contribution in [3.63, 3.8) is 0 Å². The molecule has 0 radical (unpaired) electrons. The van der Waals surface area contributed by atoms with Gasteiger partial charge in [0.2, 0.25) is 5.91 Å². The van der Waals surface area contributed by atoms with E-state index in [9.17, 15) is 4.79 Å². The van der Waals surface area contributed by atoms with E-state index in [1.807, 2.05) is 13.8 Å². The lowest BCUT2D eigenvalue weighted by atomic mass is 9.45. The maximum Gasteiger partial charge on any atom is 0.217 e. The van der Waals surface area contributed by atoms with E-state index in [1.165, 1.54) is 70.6 Å². The fraction of sp³-hybridized carbons (Fsp3) is 0.960. The summed E-state index contributed by atoms with van der Waals surface area (Å²) in [6.45, 7) is 9.29. The van der Waals surface area contributed by atoms with E-state index < -0.39 is 0 Å².